The van der Waals surface area contributed by atoms with Crippen LogP contribution in [0.4, 0.5) is 5.69 Å². The first-order chi connectivity index (χ1) is 7.93. The molecule has 0 heterocycles. The highest BCUT2D eigenvalue weighted by molar-refractivity contribution is 5.92. The summed E-state index contributed by atoms with van der Waals surface area (Å²) >= 11 is 0. The maximum absolute atomic E-state index is 10.9. The van der Waals surface area contributed by atoms with Crippen LogP contribution in [-0.2, 0) is 0 Å². The minimum atomic E-state index is -1.24. The molecule has 92 valence electrons. The largest absolute Gasteiger partial charge is 0.486 e. The summed E-state index contributed by atoms with van der Waals surface area (Å²) in [5, 5.41) is 19.7. The fourth-order valence-corrected chi connectivity index (χ4v) is 1.24. The van der Waals surface area contributed by atoms with Crippen molar-refractivity contribution < 1.29 is 19.6 Å². The first-order valence-electron chi connectivity index (χ1n) is 5.07. The number of nitro benzene ring substituents is 1. The molecule has 0 bridgehead atoms. The van der Waals surface area contributed by atoms with Gasteiger partial charge in [-0.3, -0.25) is 10.1 Å². The van der Waals surface area contributed by atoms with Gasteiger partial charge in [-0.15, -0.1) is 0 Å². The van der Waals surface area contributed by atoms with E-state index in [-0.39, 0.29) is 29.5 Å². The molecule has 0 amide bonds. The second-order valence-corrected chi connectivity index (χ2v) is 3.92. The van der Waals surface area contributed by atoms with Crippen LogP contribution in [-0.4, -0.2) is 22.6 Å². The van der Waals surface area contributed by atoms with Crippen LogP contribution in [0.25, 0.3) is 0 Å². The summed E-state index contributed by atoms with van der Waals surface area (Å²) in [5.74, 6) is -1.28. The zero-order chi connectivity index (χ0) is 13.0. The monoisotopic (exact) mass is 239 g/mol. The van der Waals surface area contributed by atoms with Gasteiger partial charge in [0.2, 0.25) is 5.75 Å². The smallest absolute Gasteiger partial charge is 0.339 e. The van der Waals surface area contributed by atoms with Crippen molar-refractivity contribution in [2.75, 3.05) is 6.61 Å². The Morgan fingerprint density at radius 3 is 2.65 bits per heavy atom. The number of carboxylic acids is 1. The minimum absolute atomic E-state index is 0.149. The highest BCUT2D eigenvalue weighted by atomic mass is 16.6. The lowest BCUT2D eigenvalue weighted by atomic mass is 10.1. The van der Waals surface area contributed by atoms with Crippen molar-refractivity contribution in [3.05, 3.63) is 33.9 Å². The highest BCUT2D eigenvalue weighted by Gasteiger charge is 2.22. The van der Waals surface area contributed by atoms with Crippen LogP contribution in [0.2, 0.25) is 0 Å². The normalized spacial score (nSPS) is 10.3. The number of rotatable bonds is 5. The molecule has 0 saturated carbocycles. The lowest BCUT2D eigenvalue weighted by molar-refractivity contribution is -0.385. The Morgan fingerprint density at radius 1 is 1.53 bits per heavy atom. The molecule has 1 aromatic rings. The molecule has 1 N–H and O–H groups in total. The van der Waals surface area contributed by atoms with E-state index in [1.54, 1.807) is 0 Å². The van der Waals surface area contributed by atoms with E-state index in [2.05, 4.69) is 0 Å². The lowest BCUT2D eigenvalue weighted by Gasteiger charge is -2.11. The van der Waals surface area contributed by atoms with Crippen LogP contribution in [0.5, 0.6) is 5.75 Å². The molecule has 17 heavy (non-hydrogen) atoms. The molecular weight excluding hydrogens is 226 g/mol. The zero-order valence-electron chi connectivity index (χ0n) is 9.54. The number of nitrogens with zero attached hydrogens (tertiary/aromatic N) is 1. The molecule has 0 spiro atoms. The summed E-state index contributed by atoms with van der Waals surface area (Å²) in [6, 6.07) is 3.83. The molecule has 0 atom stereocenters. The van der Waals surface area contributed by atoms with Gasteiger partial charge in [-0.2, -0.15) is 0 Å². The fourth-order valence-electron chi connectivity index (χ4n) is 1.24. The Kier molecular flexibility index (Phi) is 4.03. The second-order valence-electron chi connectivity index (χ2n) is 3.92. The van der Waals surface area contributed by atoms with Crippen molar-refractivity contribution in [3.8, 4) is 5.75 Å². The first-order valence-corrected chi connectivity index (χ1v) is 5.07. The number of ether oxygens (including phenoxy) is 1. The SMILES string of the molecule is CC(C)COc1c(C(=O)O)cccc1[N+](=O)[O-]. The van der Waals surface area contributed by atoms with Gasteiger partial charge in [-0.25, -0.2) is 4.79 Å². The summed E-state index contributed by atoms with van der Waals surface area (Å²) < 4.78 is 5.23. The van der Waals surface area contributed by atoms with Gasteiger partial charge >= 0.3 is 11.7 Å². The maximum atomic E-state index is 10.9. The number of hydrogen-bond donors (Lipinski definition) is 1. The first kappa shape index (κ1) is 13.0. The van der Waals surface area contributed by atoms with Gasteiger partial charge in [0.15, 0.2) is 0 Å². The molecule has 0 aromatic heterocycles. The van der Waals surface area contributed by atoms with E-state index < -0.39 is 10.9 Å². The van der Waals surface area contributed by atoms with Gasteiger partial charge in [0.25, 0.3) is 0 Å². The Balaban J connectivity index is 3.19. The summed E-state index contributed by atoms with van der Waals surface area (Å²) in [7, 11) is 0. The van der Waals surface area contributed by atoms with E-state index >= 15 is 0 Å². The van der Waals surface area contributed by atoms with Gasteiger partial charge in [0, 0.05) is 6.07 Å². The van der Waals surface area contributed by atoms with Gasteiger partial charge in [-0.1, -0.05) is 19.9 Å². The third-order valence-electron chi connectivity index (χ3n) is 1.98. The molecule has 1 aromatic carbocycles. The number of hydrogen-bond acceptors (Lipinski definition) is 4. The molecule has 0 aliphatic carbocycles. The zero-order valence-corrected chi connectivity index (χ0v) is 9.54. The topological polar surface area (TPSA) is 89.7 Å². The molecule has 0 saturated heterocycles. The molecule has 0 unspecified atom stereocenters. The Morgan fingerprint density at radius 2 is 2.18 bits per heavy atom. The summed E-state index contributed by atoms with van der Waals surface area (Å²) in [6.07, 6.45) is 0. The van der Waals surface area contributed by atoms with Crippen LogP contribution in [0.3, 0.4) is 0 Å². The van der Waals surface area contributed by atoms with Crippen molar-refractivity contribution in [3.63, 3.8) is 0 Å². The molecule has 1 rings (SSSR count). The van der Waals surface area contributed by atoms with Crippen molar-refractivity contribution in [1.29, 1.82) is 0 Å². The Bertz CT molecular complexity index is 409. The summed E-state index contributed by atoms with van der Waals surface area (Å²) in [6.45, 7) is 3.97. The van der Waals surface area contributed by atoms with Crippen LogP contribution >= 0.6 is 0 Å². The predicted octanol–water partition coefficient (Wildman–Crippen LogP) is 2.33. The van der Waals surface area contributed by atoms with Gasteiger partial charge in [-0.05, 0) is 12.0 Å². The second kappa shape index (κ2) is 5.29. The van der Waals surface area contributed by atoms with Gasteiger partial charge in [0.05, 0.1) is 11.5 Å². The average Bonchev–Trinajstić information content (AvgIpc) is 2.25. The van der Waals surface area contributed by atoms with E-state index in [1.165, 1.54) is 18.2 Å². The van der Waals surface area contributed by atoms with E-state index in [0.29, 0.717) is 0 Å². The quantitative estimate of drug-likeness (QED) is 0.629. The molecule has 0 aliphatic heterocycles. The van der Waals surface area contributed by atoms with Crippen LogP contribution in [0.1, 0.15) is 24.2 Å². The number of aromatic carboxylic acids is 1. The molecular formula is C11H13NO5. The fraction of sp³-hybridized carbons (Fsp3) is 0.364. The van der Waals surface area contributed by atoms with Crippen LogP contribution in [0.15, 0.2) is 18.2 Å². The lowest BCUT2D eigenvalue weighted by Crippen LogP contribution is -2.10. The number of benzene rings is 1. The molecule has 6 nitrogen and oxygen atoms in total. The van der Waals surface area contributed by atoms with Crippen LogP contribution < -0.4 is 4.74 Å². The highest BCUT2D eigenvalue weighted by Crippen LogP contribution is 2.31. The van der Waals surface area contributed by atoms with E-state index in [9.17, 15) is 14.9 Å². The Hall–Kier alpha value is -2.11. The van der Waals surface area contributed by atoms with Gasteiger partial charge < -0.3 is 9.84 Å². The third kappa shape index (κ3) is 3.17. The van der Waals surface area contributed by atoms with Crippen molar-refractivity contribution in [2.24, 2.45) is 5.92 Å². The number of nitro groups is 1. The number of para-hydroxylation sites is 1. The standard InChI is InChI=1S/C11H13NO5/c1-7(2)6-17-10-8(11(13)14)4-3-5-9(10)12(15)16/h3-5,7H,6H2,1-2H3,(H,13,14). The molecule has 0 radical (unpaired) electrons. The average molecular weight is 239 g/mol. The molecule has 6 heteroatoms. The number of carboxylic acid groups (broad SMARTS) is 1. The van der Waals surface area contributed by atoms with Crippen molar-refractivity contribution in [1.82, 2.24) is 0 Å². The summed E-state index contributed by atoms with van der Waals surface area (Å²) in [5.41, 5.74) is -0.523. The predicted molar refractivity (Wildman–Crippen MR) is 60.4 cm³/mol. The Labute approximate surface area is 98.0 Å². The van der Waals surface area contributed by atoms with Crippen molar-refractivity contribution >= 4 is 11.7 Å². The number of carbonyl (C=O) groups is 1. The third-order valence-corrected chi connectivity index (χ3v) is 1.98. The van der Waals surface area contributed by atoms with E-state index in [1.807, 2.05) is 13.8 Å². The summed E-state index contributed by atoms with van der Waals surface area (Å²) in [4.78, 5) is 21.1. The minimum Gasteiger partial charge on any atom is -0.486 e. The molecule has 0 aliphatic rings. The van der Waals surface area contributed by atoms with E-state index in [4.69, 9.17) is 9.84 Å². The molecule has 0 fully saturated rings. The van der Waals surface area contributed by atoms with Gasteiger partial charge in [0.1, 0.15) is 5.56 Å². The van der Waals surface area contributed by atoms with E-state index in [0.717, 1.165) is 0 Å². The van der Waals surface area contributed by atoms with Crippen molar-refractivity contribution in [2.45, 2.75) is 13.8 Å². The van der Waals surface area contributed by atoms with Crippen LogP contribution in [0, 0.1) is 16.0 Å². The maximum Gasteiger partial charge on any atom is 0.339 e.